The van der Waals surface area contributed by atoms with Crippen LogP contribution < -0.4 is 9.47 Å². The van der Waals surface area contributed by atoms with Crippen molar-refractivity contribution >= 4 is 0 Å². The summed E-state index contributed by atoms with van der Waals surface area (Å²) in [5, 5.41) is 10.3. The van der Waals surface area contributed by atoms with E-state index in [4.69, 9.17) is 9.47 Å². The van der Waals surface area contributed by atoms with Crippen LogP contribution in [0.4, 0.5) is 0 Å². The normalized spacial score (nSPS) is 13.8. The molecule has 0 amide bonds. The molecule has 0 saturated heterocycles. The van der Waals surface area contributed by atoms with Crippen LogP contribution in [0.3, 0.4) is 0 Å². The Morgan fingerprint density at radius 2 is 1.80 bits per heavy atom. The molecule has 3 rings (SSSR count). The summed E-state index contributed by atoms with van der Waals surface area (Å²) in [6.45, 7) is 6.18. The van der Waals surface area contributed by atoms with Crippen molar-refractivity contribution < 1.29 is 14.6 Å². The molecule has 1 aliphatic rings. The molecule has 132 valence electrons. The lowest BCUT2D eigenvalue weighted by molar-refractivity contribution is 0.0984. The maximum Gasteiger partial charge on any atom is 0.231 e. The standard InChI is InChI=1S/C21H25NO3/c1-2-3-9-19(23)15-22(13-17-7-5-4-6-8-17)14-18-10-11-20-21(12-18)25-16-24-20/h2,4-8,10-12,19,23H,1,3,9,13-16H2. The molecule has 0 bridgehead atoms. The highest BCUT2D eigenvalue weighted by atomic mass is 16.7. The average molecular weight is 339 g/mol. The molecule has 1 atom stereocenters. The molecule has 0 aromatic heterocycles. The fourth-order valence-corrected chi connectivity index (χ4v) is 3.02. The molecule has 2 aromatic rings. The Kier molecular flexibility index (Phi) is 6.09. The maximum absolute atomic E-state index is 10.3. The lowest BCUT2D eigenvalue weighted by atomic mass is 10.1. The van der Waals surface area contributed by atoms with Crippen molar-refractivity contribution in [2.24, 2.45) is 0 Å². The first-order valence-corrected chi connectivity index (χ1v) is 8.68. The molecule has 4 heteroatoms. The van der Waals surface area contributed by atoms with Crippen LogP contribution in [-0.2, 0) is 13.1 Å². The number of hydrogen-bond acceptors (Lipinski definition) is 4. The third-order valence-electron chi connectivity index (χ3n) is 4.27. The summed E-state index contributed by atoms with van der Waals surface area (Å²) in [5.74, 6) is 1.59. The van der Waals surface area contributed by atoms with Gasteiger partial charge in [0.05, 0.1) is 6.10 Å². The lowest BCUT2D eigenvalue weighted by Crippen LogP contribution is -2.31. The van der Waals surface area contributed by atoms with E-state index in [9.17, 15) is 5.11 Å². The summed E-state index contributed by atoms with van der Waals surface area (Å²) >= 11 is 0. The van der Waals surface area contributed by atoms with E-state index in [-0.39, 0.29) is 12.9 Å². The van der Waals surface area contributed by atoms with Crippen LogP contribution >= 0.6 is 0 Å². The second kappa shape index (κ2) is 8.70. The number of aliphatic hydroxyl groups excluding tert-OH is 1. The number of benzene rings is 2. The molecule has 0 aliphatic carbocycles. The van der Waals surface area contributed by atoms with Crippen molar-refractivity contribution in [3.8, 4) is 11.5 Å². The van der Waals surface area contributed by atoms with Crippen LogP contribution in [0.15, 0.2) is 61.2 Å². The minimum absolute atomic E-state index is 0.285. The Morgan fingerprint density at radius 1 is 1.04 bits per heavy atom. The van der Waals surface area contributed by atoms with Crippen LogP contribution in [-0.4, -0.2) is 29.4 Å². The van der Waals surface area contributed by atoms with E-state index in [1.165, 1.54) is 5.56 Å². The molecular formula is C21H25NO3. The van der Waals surface area contributed by atoms with Crippen LogP contribution in [0.1, 0.15) is 24.0 Å². The van der Waals surface area contributed by atoms with Crippen LogP contribution in [0.5, 0.6) is 11.5 Å². The van der Waals surface area contributed by atoms with Crippen molar-refractivity contribution in [1.29, 1.82) is 0 Å². The van der Waals surface area contributed by atoms with E-state index < -0.39 is 0 Å². The number of nitrogens with zero attached hydrogens (tertiary/aromatic N) is 1. The topological polar surface area (TPSA) is 41.9 Å². The summed E-state index contributed by atoms with van der Waals surface area (Å²) in [5.41, 5.74) is 2.38. The average Bonchev–Trinajstić information content (AvgIpc) is 3.08. The molecular weight excluding hydrogens is 314 g/mol. The Bertz CT molecular complexity index is 687. The van der Waals surface area contributed by atoms with Gasteiger partial charge in [0, 0.05) is 19.6 Å². The van der Waals surface area contributed by atoms with E-state index in [1.807, 2.05) is 36.4 Å². The smallest absolute Gasteiger partial charge is 0.231 e. The van der Waals surface area contributed by atoms with Crippen molar-refractivity contribution in [2.45, 2.75) is 32.0 Å². The van der Waals surface area contributed by atoms with E-state index in [2.05, 4.69) is 29.7 Å². The van der Waals surface area contributed by atoms with E-state index in [1.54, 1.807) is 0 Å². The van der Waals surface area contributed by atoms with Gasteiger partial charge in [0.1, 0.15) is 0 Å². The van der Waals surface area contributed by atoms with Gasteiger partial charge < -0.3 is 14.6 Å². The minimum Gasteiger partial charge on any atom is -0.454 e. The Labute approximate surface area is 149 Å². The van der Waals surface area contributed by atoms with Gasteiger partial charge in [-0.15, -0.1) is 6.58 Å². The molecule has 1 aliphatic heterocycles. The first kappa shape index (κ1) is 17.5. The number of rotatable bonds is 9. The summed E-state index contributed by atoms with van der Waals surface area (Å²) in [7, 11) is 0. The van der Waals surface area contributed by atoms with E-state index in [0.717, 1.165) is 43.0 Å². The molecule has 0 saturated carbocycles. The van der Waals surface area contributed by atoms with Crippen molar-refractivity contribution in [1.82, 2.24) is 4.90 Å². The molecule has 1 unspecified atom stereocenters. The summed E-state index contributed by atoms with van der Waals surface area (Å²) in [6, 6.07) is 16.4. The van der Waals surface area contributed by atoms with Gasteiger partial charge >= 0.3 is 0 Å². The molecule has 2 aromatic carbocycles. The summed E-state index contributed by atoms with van der Waals surface area (Å²) < 4.78 is 10.8. The SMILES string of the molecule is C=CCCC(O)CN(Cc1ccccc1)Cc1ccc2c(c1)OCO2. The lowest BCUT2D eigenvalue weighted by Gasteiger charge is -2.25. The molecule has 0 spiro atoms. The minimum atomic E-state index is -0.365. The number of allylic oxidation sites excluding steroid dienone is 1. The third-order valence-corrected chi connectivity index (χ3v) is 4.27. The van der Waals surface area contributed by atoms with E-state index in [0.29, 0.717) is 6.54 Å². The highest BCUT2D eigenvalue weighted by Gasteiger charge is 2.16. The maximum atomic E-state index is 10.3. The van der Waals surface area contributed by atoms with Gasteiger partial charge in [0.2, 0.25) is 6.79 Å². The van der Waals surface area contributed by atoms with Gasteiger partial charge in [-0.05, 0) is 36.1 Å². The van der Waals surface area contributed by atoms with Crippen molar-refractivity contribution in [2.75, 3.05) is 13.3 Å². The fourth-order valence-electron chi connectivity index (χ4n) is 3.02. The van der Waals surface area contributed by atoms with Gasteiger partial charge in [-0.25, -0.2) is 0 Å². The molecule has 1 N–H and O–H groups in total. The highest BCUT2D eigenvalue weighted by Crippen LogP contribution is 2.33. The van der Waals surface area contributed by atoms with Crippen LogP contribution in [0, 0.1) is 0 Å². The zero-order chi connectivity index (χ0) is 17.5. The zero-order valence-electron chi connectivity index (χ0n) is 14.4. The van der Waals surface area contributed by atoms with Gasteiger partial charge in [0.15, 0.2) is 11.5 Å². The third kappa shape index (κ3) is 5.08. The monoisotopic (exact) mass is 339 g/mol. The first-order chi connectivity index (χ1) is 12.2. The predicted molar refractivity (Wildman–Crippen MR) is 98.6 cm³/mol. The largest absolute Gasteiger partial charge is 0.454 e. The highest BCUT2D eigenvalue weighted by molar-refractivity contribution is 5.44. The van der Waals surface area contributed by atoms with Crippen molar-refractivity contribution in [3.05, 3.63) is 72.3 Å². The Hall–Kier alpha value is -2.30. The van der Waals surface area contributed by atoms with Crippen LogP contribution in [0.25, 0.3) is 0 Å². The number of aliphatic hydroxyl groups is 1. The number of ether oxygens (including phenoxy) is 2. The van der Waals surface area contributed by atoms with Gasteiger partial charge in [0.25, 0.3) is 0 Å². The Morgan fingerprint density at radius 3 is 2.60 bits per heavy atom. The van der Waals surface area contributed by atoms with Crippen molar-refractivity contribution in [3.63, 3.8) is 0 Å². The van der Waals surface area contributed by atoms with Gasteiger partial charge in [-0.3, -0.25) is 4.90 Å². The molecule has 1 heterocycles. The first-order valence-electron chi connectivity index (χ1n) is 8.68. The fraction of sp³-hybridized carbons (Fsp3) is 0.333. The predicted octanol–water partition coefficient (Wildman–Crippen LogP) is 3.74. The molecule has 4 nitrogen and oxygen atoms in total. The van der Waals surface area contributed by atoms with Gasteiger partial charge in [-0.2, -0.15) is 0 Å². The molecule has 0 fully saturated rings. The quantitative estimate of drug-likeness (QED) is 0.707. The molecule has 0 radical (unpaired) electrons. The zero-order valence-corrected chi connectivity index (χ0v) is 14.4. The second-order valence-corrected chi connectivity index (χ2v) is 6.36. The second-order valence-electron chi connectivity index (χ2n) is 6.36. The summed E-state index contributed by atoms with van der Waals surface area (Å²) in [4.78, 5) is 2.26. The van der Waals surface area contributed by atoms with Crippen LogP contribution in [0.2, 0.25) is 0 Å². The number of fused-ring (bicyclic) bond motifs is 1. The number of hydrogen-bond donors (Lipinski definition) is 1. The van der Waals surface area contributed by atoms with E-state index >= 15 is 0 Å². The summed E-state index contributed by atoms with van der Waals surface area (Å²) in [6.07, 6.45) is 3.04. The Balaban J connectivity index is 1.69. The molecule has 25 heavy (non-hydrogen) atoms. The van der Waals surface area contributed by atoms with Gasteiger partial charge in [-0.1, -0.05) is 42.5 Å².